The van der Waals surface area contributed by atoms with E-state index in [9.17, 15) is 19.2 Å². The van der Waals surface area contributed by atoms with Crippen molar-refractivity contribution < 1.29 is 33.1 Å². The van der Waals surface area contributed by atoms with Crippen LogP contribution in [-0.4, -0.2) is 30.4 Å². The fraction of sp³-hybridized carbons (Fsp3) is 0.130. The molecule has 32 heavy (non-hydrogen) atoms. The number of carbonyl (C=O) groups excluding carboxylic acids is 4. The molecule has 4 rings (SSSR count). The Hall–Kier alpha value is -3.91. The normalized spacial score (nSPS) is 12.6. The summed E-state index contributed by atoms with van der Waals surface area (Å²) >= 11 is 5.87. The van der Waals surface area contributed by atoms with E-state index in [4.69, 9.17) is 25.5 Å². The summed E-state index contributed by atoms with van der Waals surface area (Å²) in [4.78, 5) is 50.6. The number of benzene rings is 2. The molecule has 1 aliphatic rings. The van der Waals surface area contributed by atoms with Crippen molar-refractivity contribution in [1.82, 2.24) is 0 Å². The number of halogens is 1. The van der Waals surface area contributed by atoms with Crippen LogP contribution in [0.1, 0.15) is 54.3 Å². The molecule has 2 amide bonds. The molecule has 3 aromatic rings. The van der Waals surface area contributed by atoms with E-state index in [1.54, 1.807) is 31.2 Å². The summed E-state index contributed by atoms with van der Waals surface area (Å²) in [5.41, 5.74) is 0.758. The highest BCUT2D eigenvalue weighted by molar-refractivity contribution is 6.35. The van der Waals surface area contributed by atoms with Crippen LogP contribution in [0.3, 0.4) is 0 Å². The lowest BCUT2D eigenvalue weighted by Crippen LogP contribution is -2.29. The van der Waals surface area contributed by atoms with Gasteiger partial charge in [0.05, 0.1) is 29.0 Å². The molecule has 1 aromatic heterocycles. The number of furan rings is 1. The molecule has 0 bridgehead atoms. The first-order valence-corrected chi connectivity index (χ1v) is 9.98. The van der Waals surface area contributed by atoms with Crippen molar-refractivity contribution in [3.8, 4) is 0 Å². The lowest BCUT2D eigenvalue weighted by molar-refractivity contribution is 0.0429. The molecule has 0 aliphatic carbocycles. The number of carbonyl (C=O) groups is 4. The largest absolute Gasteiger partial charge is 0.460 e. The van der Waals surface area contributed by atoms with Crippen LogP contribution in [0, 0.1) is 0 Å². The minimum Gasteiger partial charge on any atom is -0.460 e. The van der Waals surface area contributed by atoms with Crippen LogP contribution in [-0.2, 0) is 16.1 Å². The minimum absolute atomic E-state index is 0.00169. The fourth-order valence-electron chi connectivity index (χ4n) is 3.18. The SMILES string of the molecule is CCOC(=O)c1ccc(COC(=O)c2ccc3c(c2)C(=O)N(c2ccc(Cl)cc2)C3=O)o1. The Balaban J connectivity index is 1.47. The Bertz CT molecular complexity index is 1230. The Kier molecular flexibility index (Phi) is 5.79. The smallest absolute Gasteiger partial charge is 0.374 e. The first kappa shape index (κ1) is 21.3. The number of rotatable bonds is 6. The van der Waals surface area contributed by atoms with Gasteiger partial charge < -0.3 is 13.9 Å². The molecule has 0 unspecified atom stereocenters. The number of amides is 2. The van der Waals surface area contributed by atoms with E-state index in [1.165, 1.54) is 30.3 Å². The van der Waals surface area contributed by atoms with Crippen molar-refractivity contribution in [3.05, 3.63) is 87.8 Å². The van der Waals surface area contributed by atoms with Crippen molar-refractivity contribution >= 4 is 41.0 Å². The lowest BCUT2D eigenvalue weighted by atomic mass is 10.1. The predicted molar refractivity (Wildman–Crippen MR) is 113 cm³/mol. The maximum Gasteiger partial charge on any atom is 0.374 e. The standard InChI is InChI=1S/C23H16ClNO7/c1-2-30-23(29)19-10-8-16(32-19)12-31-22(28)13-3-9-17-18(11-13)21(27)25(20(17)26)15-6-4-14(24)5-7-15/h3-11H,2,12H2,1H3. The monoisotopic (exact) mass is 453 g/mol. The highest BCUT2D eigenvalue weighted by atomic mass is 35.5. The number of fused-ring (bicyclic) bond motifs is 1. The van der Waals surface area contributed by atoms with Gasteiger partial charge in [0.25, 0.3) is 11.8 Å². The summed E-state index contributed by atoms with van der Waals surface area (Å²) in [6.07, 6.45) is 0. The third-order valence-corrected chi connectivity index (χ3v) is 4.94. The van der Waals surface area contributed by atoms with Gasteiger partial charge in [-0.1, -0.05) is 11.6 Å². The summed E-state index contributed by atoms with van der Waals surface area (Å²) < 4.78 is 15.3. The van der Waals surface area contributed by atoms with Gasteiger partial charge in [-0.15, -0.1) is 0 Å². The Morgan fingerprint density at radius 3 is 2.34 bits per heavy atom. The molecular formula is C23H16ClNO7. The second kappa shape index (κ2) is 8.68. The molecule has 0 saturated heterocycles. The zero-order valence-corrected chi connectivity index (χ0v) is 17.5. The summed E-state index contributed by atoms with van der Waals surface area (Å²) in [5, 5.41) is 0.473. The van der Waals surface area contributed by atoms with Crippen LogP contribution < -0.4 is 4.90 Å². The van der Waals surface area contributed by atoms with E-state index in [1.807, 2.05) is 0 Å². The number of nitrogens with zero attached hydrogens (tertiary/aromatic N) is 1. The summed E-state index contributed by atoms with van der Waals surface area (Å²) in [7, 11) is 0. The highest BCUT2D eigenvalue weighted by Gasteiger charge is 2.37. The number of ether oxygens (including phenoxy) is 2. The zero-order chi connectivity index (χ0) is 22.8. The fourth-order valence-corrected chi connectivity index (χ4v) is 3.31. The molecule has 0 radical (unpaired) electrons. The van der Waals surface area contributed by atoms with Gasteiger partial charge >= 0.3 is 11.9 Å². The number of imide groups is 1. The Morgan fingerprint density at radius 2 is 1.62 bits per heavy atom. The summed E-state index contributed by atoms with van der Waals surface area (Å²) in [6.45, 7) is 1.66. The van der Waals surface area contributed by atoms with Gasteiger partial charge in [0, 0.05) is 5.02 Å². The van der Waals surface area contributed by atoms with Crippen molar-refractivity contribution in [2.45, 2.75) is 13.5 Å². The number of hydrogen-bond donors (Lipinski definition) is 0. The van der Waals surface area contributed by atoms with Gasteiger partial charge in [-0.05, 0) is 61.5 Å². The summed E-state index contributed by atoms with van der Waals surface area (Å²) in [5.74, 6) is -2.12. The molecule has 0 atom stereocenters. The van der Waals surface area contributed by atoms with Crippen molar-refractivity contribution in [3.63, 3.8) is 0 Å². The maximum atomic E-state index is 12.8. The van der Waals surface area contributed by atoms with E-state index < -0.39 is 23.8 Å². The number of esters is 2. The van der Waals surface area contributed by atoms with Crippen LogP contribution in [0.5, 0.6) is 0 Å². The molecule has 0 N–H and O–H groups in total. The molecule has 2 heterocycles. The second-order valence-electron chi connectivity index (χ2n) is 6.75. The highest BCUT2D eigenvalue weighted by Crippen LogP contribution is 2.30. The van der Waals surface area contributed by atoms with Crippen LogP contribution in [0.2, 0.25) is 5.02 Å². The van der Waals surface area contributed by atoms with E-state index in [-0.39, 0.29) is 41.4 Å². The topological polar surface area (TPSA) is 103 Å². The summed E-state index contributed by atoms with van der Waals surface area (Å²) in [6, 6.07) is 13.3. The van der Waals surface area contributed by atoms with Crippen LogP contribution in [0.25, 0.3) is 0 Å². The maximum absolute atomic E-state index is 12.8. The number of hydrogen-bond acceptors (Lipinski definition) is 7. The Labute approximate surface area is 187 Å². The van der Waals surface area contributed by atoms with Crippen molar-refractivity contribution in [2.75, 3.05) is 11.5 Å². The number of anilines is 1. The van der Waals surface area contributed by atoms with Gasteiger partial charge in [0.15, 0.2) is 0 Å². The molecule has 0 saturated carbocycles. The van der Waals surface area contributed by atoms with Crippen LogP contribution in [0.4, 0.5) is 5.69 Å². The van der Waals surface area contributed by atoms with Crippen LogP contribution >= 0.6 is 11.6 Å². The zero-order valence-electron chi connectivity index (χ0n) is 16.8. The third-order valence-electron chi connectivity index (χ3n) is 4.69. The van der Waals surface area contributed by atoms with E-state index in [0.717, 1.165) is 4.90 Å². The quantitative estimate of drug-likeness (QED) is 0.405. The van der Waals surface area contributed by atoms with Gasteiger partial charge in [-0.25, -0.2) is 14.5 Å². The lowest BCUT2D eigenvalue weighted by Gasteiger charge is -2.13. The van der Waals surface area contributed by atoms with Gasteiger partial charge in [-0.2, -0.15) is 0 Å². The Morgan fingerprint density at radius 1 is 0.906 bits per heavy atom. The van der Waals surface area contributed by atoms with Gasteiger partial charge in [-0.3, -0.25) is 9.59 Å². The average molecular weight is 454 g/mol. The molecule has 2 aromatic carbocycles. The third kappa shape index (κ3) is 4.00. The van der Waals surface area contributed by atoms with Crippen LogP contribution in [0.15, 0.2) is 59.0 Å². The second-order valence-corrected chi connectivity index (χ2v) is 7.18. The molecule has 8 nitrogen and oxygen atoms in total. The van der Waals surface area contributed by atoms with Crippen molar-refractivity contribution in [2.24, 2.45) is 0 Å². The first-order chi connectivity index (χ1) is 15.4. The molecular weight excluding hydrogens is 438 g/mol. The minimum atomic E-state index is -0.716. The van der Waals surface area contributed by atoms with Crippen molar-refractivity contribution in [1.29, 1.82) is 0 Å². The molecule has 9 heteroatoms. The molecule has 1 aliphatic heterocycles. The van der Waals surface area contributed by atoms with E-state index in [2.05, 4.69) is 0 Å². The van der Waals surface area contributed by atoms with E-state index >= 15 is 0 Å². The molecule has 0 spiro atoms. The average Bonchev–Trinajstić information content (AvgIpc) is 3.36. The van der Waals surface area contributed by atoms with E-state index in [0.29, 0.717) is 10.7 Å². The predicted octanol–water partition coefficient (Wildman–Crippen LogP) is 4.27. The molecule has 0 fully saturated rings. The first-order valence-electron chi connectivity index (χ1n) is 9.60. The van der Waals surface area contributed by atoms with Gasteiger partial charge in [0.2, 0.25) is 5.76 Å². The van der Waals surface area contributed by atoms with Gasteiger partial charge in [0.1, 0.15) is 12.4 Å². The molecule has 162 valence electrons.